The maximum absolute atomic E-state index is 11.8. The van der Waals surface area contributed by atoms with Gasteiger partial charge in [0.1, 0.15) is 0 Å². The SMILES string of the molecule is CCCCCCNC(=O)CSc1nnnn1CC1CCCO1. The summed E-state index contributed by atoms with van der Waals surface area (Å²) in [6.07, 6.45) is 6.97. The Hall–Kier alpha value is -1.15. The first-order valence-electron chi connectivity index (χ1n) is 8.07. The molecule has 124 valence electrons. The molecule has 22 heavy (non-hydrogen) atoms. The molecule has 1 aromatic rings. The van der Waals surface area contributed by atoms with Gasteiger partial charge in [-0.2, -0.15) is 0 Å². The largest absolute Gasteiger partial charge is 0.376 e. The summed E-state index contributed by atoms with van der Waals surface area (Å²) < 4.78 is 7.32. The molecule has 1 unspecified atom stereocenters. The molecule has 0 aromatic carbocycles. The fraction of sp³-hybridized carbons (Fsp3) is 0.857. The van der Waals surface area contributed by atoms with E-state index in [0.717, 1.165) is 32.4 Å². The van der Waals surface area contributed by atoms with Crippen molar-refractivity contribution in [1.82, 2.24) is 25.5 Å². The number of carbonyl (C=O) groups excluding carboxylic acids is 1. The van der Waals surface area contributed by atoms with Crippen molar-refractivity contribution >= 4 is 17.7 Å². The minimum Gasteiger partial charge on any atom is -0.376 e. The molecule has 1 aliphatic rings. The second kappa shape index (κ2) is 9.78. The molecule has 1 aromatic heterocycles. The van der Waals surface area contributed by atoms with Gasteiger partial charge in [-0.3, -0.25) is 4.79 Å². The molecule has 1 amide bonds. The van der Waals surface area contributed by atoms with Crippen molar-refractivity contribution in [3.8, 4) is 0 Å². The normalized spacial score (nSPS) is 17.8. The van der Waals surface area contributed by atoms with Crippen molar-refractivity contribution in [3.05, 3.63) is 0 Å². The van der Waals surface area contributed by atoms with Gasteiger partial charge < -0.3 is 10.1 Å². The van der Waals surface area contributed by atoms with Gasteiger partial charge in [0.25, 0.3) is 0 Å². The van der Waals surface area contributed by atoms with Crippen LogP contribution >= 0.6 is 11.8 Å². The molecule has 1 atom stereocenters. The summed E-state index contributed by atoms with van der Waals surface area (Å²) in [5.41, 5.74) is 0. The number of aromatic nitrogens is 4. The highest BCUT2D eigenvalue weighted by molar-refractivity contribution is 7.99. The summed E-state index contributed by atoms with van der Waals surface area (Å²) in [4.78, 5) is 11.8. The topological polar surface area (TPSA) is 81.9 Å². The second-order valence-corrected chi connectivity index (χ2v) is 6.42. The summed E-state index contributed by atoms with van der Waals surface area (Å²) in [6, 6.07) is 0. The van der Waals surface area contributed by atoms with E-state index in [1.807, 2.05) is 0 Å². The molecule has 1 N–H and O–H groups in total. The van der Waals surface area contributed by atoms with E-state index in [2.05, 4.69) is 27.8 Å². The van der Waals surface area contributed by atoms with Crippen molar-refractivity contribution in [3.63, 3.8) is 0 Å². The molecule has 1 aliphatic heterocycles. The molecule has 2 heterocycles. The third-order valence-corrected chi connectivity index (χ3v) is 4.54. The Morgan fingerprint density at radius 3 is 3.14 bits per heavy atom. The summed E-state index contributed by atoms with van der Waals surface area (Å²) in [6.45, 7) is 4.40. The number of rotatable bonds is 10. The van der Waals surface area contributed by atoms with Gasteiger partial charge in [-0.25, -0.2) is 4.68 Å². The number of tetrazole rings is 1. The van der Waals surface area contributed by atoms with Crippen molar-refractivity contribution in [2.24, 2.45) is 0 Å². The lowest BCUT2D eigenvalue weighted by molar-refractivity contribution is -0.118. The van der Waals surface area contributed by atoms with Gasteiger partial charge in [0.2, 0.25) is 11.1 Å². The van der Waals surface area contributed by atoms with E-state index < -0.39 is 0 Å². The molecule has 0 spiro atoms. The van der Waals surface area contributed by atoms with Gasteiger partial charge in [-0.05, 0) is 29.7 Å². The summed E-state index contributed by atoms with van der Waals surface area (Å²) in [7, 11) is 0. The summed E-state index contributed by atoms with van der Waals surface area (Å²) >= 11 is 1.37. The van der Waals surface area contributed by atoms with E-state index in [1.54, 1.807) is 4.68 Å². The number of unbranched alkanes of at least 4 members (excludes halogenated alkanes) is 3. The number of amides is 1. The fourth-order valence-electron chi connectivity index (χ4n) is 2.36. The Balaban J connectivity index is 1.65. The number of thioether (sulfide) groups is 1. The highest BCUT2D eigenvalue weighted by Crippen LogP contribution is 2.18. The van der Waals surface area contributed by atoms with Crippen LogP contribution in [-0.2, 0) is 16.1 Å². The third kappa shape index (κ3) is 5.92. The van der Waals surface area contributed by atoms with Crippen LogP contribution in [0.2, 0.25) is 0 Å². The van der Waals surface area contributed by atoms with Gasteiger partial charge in [-0.1, -0.05) is 37.9 Å². The Morgan fingerprint density at radius 2 is 2.36 bits per heavy atom. The lowest BCUT2D eigenvalue weighted by Crippen LogP contribution is -2.26. The first-order valence-corrected chi connectivity index (χ1v) is 9.05. The Morgan fingerprint density at radius 1 is 1.45 bits per heavy atom. The van der Waals surface area contributed by atoms with Gasteiger partial charge in [0, 0.05) is 13.2 Å². The second-order valence-electron chi connectivity index (χ2n) is 5.48. The quantitative estimate of drug-likeness (QED) is 0.520. The van der Waals surface area contributed by atoms with Crippen LogP contribution in [-0.4, -0.2) is 51.1 Å². The fourth-order valence-corrected chi connectivity index (χ4v) is 3.07. The number of hydrogen-bond donors (Lipinski definition) is 1. The zero-order chi connectivity index (χ0) is 15.6. The molecular weight excluding hydrogens is 302 g/mol. The van der Waals surface area contributed by atoms with E-state index in [-0.39, 0.29) is 12.0 Å². The van der Waals surface area contributed by atoms with Crippen LogP contribution < -0.4 is 5.32 Å². The predicted molar refractivity (Wildman–Crippen MR) is 84.7 cm³/mol. The van der Waals surface area contributed by atoms with Crippen LogP contribution in [0.4, 0.5) is 0 Å². The molecule has 0 aliphatic carbocycles. The van der Waals surface area contributed by atoms with Crippen molar-refractivity contribution < 1.29 is 9.53 Å². The smallest absolute Gasteiger partial charge is 0.230 e. The minimum atomic E-state index is 0.0353. The highest BCUT2D eigenvalue weighted by atomic mass is 32.2. The summed E-state index contributed by atoms with van der Waals surface area (Å²) in [5, 5.41) is 15.3. The van der Waals surface area contributed by atoms with E-state index in [9.17, 15) is 4.79 Å². The average molecular weight is 327 g/mol. The monoisotopic (exact) mass is 327 g/mol. The number of nitrogens with one attached hydrogen (secondary N) is 1. The molecule has 2 rings (SSSR count). The minimum absolute atomic E-state index is 0.0353. The third-order valence-electron chi connectivity index (χ3n) is 3.58. The van der Waals surface area contributed by atoms with Gasteiger partial charge in [0.15, 0.2) is 0 Å². The van der Waals surface area contributed by atoms with E-state index in [4.69, 9.17) is 4.74 Å². The highest BCUT2D eigenvalue weighted by Gasteiger charge is 2.19. The molecule has 1 fully saturated rings. The molecule has 1 saturated heterocycles. The molecule has 8 heteroatoms. The van der Waals surface area contributed by atoms with Crippen LogP contribution in [0.15, 0.2) is 5.16 Å². The van der Waals surface area contributed by atoms with E-state index in [1.165, 1.54) is 31.0 Å². The van der Waals surface area contributed by atoms with Crippen LogP contribution in [0.1, 0.15) is 45.4 Å². The van der Waals surface area contributed by atoms with Crippen LogP contribution in [0, 0.1) is 0 Å². The van der Waals surface area contributed by atoms with Crippen LogP contribution in [0.25, 0.3) is 0 Å². The zero-order valence-corrected chi connectivity index (χ0v) is 14.0. The summed E-state index contributed by atoms with van der Waals surface area (Å²) in [5.74, 6) is 0.382. The van der Waals surface area contributed by atoms with E-state index >= 15 is 0 Å². The molecule has 0 saturated carbocycles. The van der Waals surface area contributed by atoms with E-state index in [0.29, 0.717) is 17.5 Å². The maximum atomic E-state index is 11.8. The Labute approximate surface area is 135 Å². The van der Waals surface area contributed by atoms with Crippen LogP contribution in [0.3, 0.4) is 0 Å². The standard InChI is InChI=1S/C14H25N5O2S/c1-2-3-4-5-8-15-13(20)11-22-14-16-17-18-19(14)10-12-7-6-9-21-12/h12H,2-11H2,1H3,(H,15,20). The number of carbonyl (C=O) groups is 1. The lowest BCUT2D eigenvalue weighted by Gasteiger charge is -2.10. The first kappa shape index (κ1) is 17.2. The van der Waals surface area contributed by atoms with Crippen molar-refractivity contribution in [1.29, 1.82) is 0 Å². The zero-order valence-electron chi connectivity index (χ0n) is 13.2. The maximum Gasteiger partial charge on any atom is 0.230 e. The molecule has 0 bridgehead atoms. The number of hydrogen-bond acceptors (Lipinski definition) is 6. The van der Waals surface area contributed by atoms with Crippen molar-refractivity contribution in [2.75, 3.05) is 18.9 Å². The van der Waals surface area contributed by atoms with Crippen molar-refractivity contribution in [2.45, 2.75) is 63.3 Å². The predicted octanol–water partition coefficient (Wildman–Crippen LogP) is 1.64. The van der Waals surface area contributed by atoms with Gasteiger partial charge >= 0.3 is 0 Å². The van der Waals surface area contributed by atoms with Gasteiger partial charge in [-0.15, -0.1) is 5.10 Å². The lowest BCUT2D eigenvalue weighted by atomic mass is 10.2. The molecular formula is C14H25N5O2S. The molecule has 0 radical (unpaired) electrons. The Bertz CT molecular complexity index is 448. The molecule has 7 nitrogen and oxygen atoms in total. The van der Waals surface area contributed by atoms with Gasteiger partial charge in [0.05, 0.1) is 18.4 Å². The number of ether oxygens (including phenoxy) is 1. The Kier molecular flexibility index (Phi) is 7.65. The first-order chi connectivity index (χ1) is 10.8. The van der Waals surface area contributed by atoms with Crippen LogP contribution in [0.5, 0.6) is 0 Å². The number of nitrogens with zero attached hydrogens (tertiary/aromatic N) is 4. The average Bonchev–Trinajstić information content (AvgIpc) is 3.17.